The van der Waals surface area contributed by atoms with Gasteiger partial charge in [-0.25, -0.2) is 0 Å². The summed E-state index contributed by atoms with van der Waals surface area (Å²) in [6, 6.07) is 14.1. The van der Waals surface area contributed by atoms with Crippen molar-refractivity contribution < 1.29 is 4.74 Å². The topological polar surface area (TPSA) is 22.1 Å². The van der Waals surface area contributed by atoms with Crippen LogP contribution < -0.4 is 4.74 Å². The average Bonchev–Trinajstić information content (AvgIpc) is 2.50. The summed E-state index contributed by atoms with van der Waals surface area (Å²) in [7, 11) is 0. The summed E-state index contributed by atoms with van der Waals surface area (Å²) in [5.41, 5.74) is 4.10. The first-order valence-electron chi connectivity index (χ1n) is 7.38. The predicted molar refractivity (Wildman–Crippen MR) is 92.7 cm³/mol. The molecule has 0 saturated heterocycles. The lowest BCUT2D eigenvalue weighted by Crippen LogP contribution is -2.08. The maximum absolute atomic E-state index is 6.48. The Hall–Kier alpha value is -2.06. The van der Waals surface area contributed by atoms with Gasteiger partial charge in [-0.15, -0.1) is 0 Å². The molecule has 0 fully saturated rings. The number of ether oxygens (including phenoxy) is 1. The Morgan fingerprint density at radius 1 is 1.05 bits per heavy atom. The van der Waals surface area contributed by atoms with Gasteiger partial charge in [-0.3, -0.25) is 4.98 Å². The molecule has 0 N–H and O–H groups in total. The van der Waals surface area contributed by atoms with Gasteiger partial charge in [0.05, 0.1) is 11.1 Å². The number of benzene rings is 2. The molecule has 0 atom stereocenters. The average molecular weight is 312 g/mol. The van der Waals surface area contributed by atoms with Crippen LogP contribution in [-0.2, 0) is 0 Å². The van der Waals surface area contributed by atoms with E-state index in [1.54, 1.807) is 6.20 Å². The zero-order valence-corrected chi connectivity index (χ0v) is 13.7. The predicted octanol–water partition coefficient (Wildman–Crippen LogP) is 5.65. The van der Waals surface area contributed by atoms with Crippen LogP contribution in [0.15, 0.2) is 48.7 Å². The SMILES string of the molecule is Cc1ccccc1-c1cc(Cl)c2cccnc2c1OC(C)C. The highest BCUT2D eigenvalue weighted by atomic mass is 35.5. The first-order chi connectivity index (χ1) is 10.6. The van der Waals surface area contributed by atoms with E-state index in [9.17, 15) is 0 Å². The summed E-state index contributed by atoms with van der Waals surface area (Å²) in [5, 5.41) is 1.61. The van der Waals surface area contributed by atoms with Gasteiger partial charge in [0.25, 0.3) is 0 Å². The number of hydrogen-bond donors (Lipinski definition) is 0. The van der Waals surface area contributed by atoms with Crippen molar-refractivity contribution in [3.63, 3.8) is 0 Å². The second-order valence-corrected chi connectivity index (χ2v) is 6.02. The normalized spacial score (nSPS) is 11.1. The quantitative estimate of drug-likeness (QED) is 0.623. The Morgan fingerprint density at radius 3 is 2.55 bits per heavy atom. The molecule has 3 rings (SSSR count). The molecular formula is C19H18ClNO. The fourth-order valence-electron chi connectivity index (χ4n) is 2.61. The smallest absolute Gasteiger partial charge is 0.153 e. The Morgan fingerprint density at radius 2 is 1.82 bits per heavy atom. The molecule has 0 aliphatic rings. The first kappa shape index (κ1) is 14.9. The Kier molecular flexibility index (Phi) is 4.04. The minimum atomic E-state index is 0.0640. The van der Waals surface area contributed by atoms with E-state index in [-0.39, 0.29) is 6.10 Å². The highest BCUT2D eigenvalue weighted by molar-refractivity contribution is 6.36. The van der Waals surface area contributed by atoms with E-state index < -0.39 is 0 Å². The van der Waals surface area contributed by atoms with E-state index >= 15 is 0 Å². The number of rotatable bonds is 3. The van der Waals surface area contributed by atoms with E-state index in [0.29, 0.717) is 5.02 Å². The number of aryl methyl sites for hydroxylation is 1. The van der Waals surface area contributed by atoms with Crippen molar-refractivity contribution in [3.8, 4) is 16.9 Å². The summed E-state index contributed by atoms with van der Waals surface area (Å²) in [6.45, 7) is 6.13. The van der Waals surface area contributed by atoms with Crippen molar-refractivity contribution in [2.24, 2.45) is 0 Å². The van der Waals surface area contributed by atoms with E-state index in [1.165, 1.54) is 5.56 Å². The lowest BCUT2D eigenvalue weighted by atomic mass is 9.98. The van der Waals surface area contributed by atoms with Crippen LogP contribution in [0.4, 0.5) is 0 Å². The molecule has 2 nitrogen and oxygen atoms in total. The van der Waals surface area contributed by atoms with Crippen LogP contribution in [0.1, 0.15) is 19.4 Å². The van der Waals surface area contributed by atoms with Crippen LogP contribution >= 0.6 is 11.6 Å². The molecule has 0 spiro atoms. The van der Waals surface area contributed by atoms with Crippen LogP contribution in [0.5, 0.6) is 5.75 Å². The highest BCUT2D eigenvalue weighted by Crippen LogP contribution is 2.41. The molecule has 3 aromatic rings. The third-order valence-corrected chi connectivity index (χ3v) is 3.90. The third kappa shape index (κ3) is 2.67. The van der Waals surface area contributed by atoms with Crippen LogP contribution in [0, 0.1) is 6.92 Å². The molecule has 0 radical (unpaired) electrons. The first-order valence-corrected chi connectivity index (χ1v) is 7.75. The molecular weight excluding hydrogens is 294 g/mol. The van der Waals surface area contributed by atoms with Gasteiger partial charge in [0.1, 0.15) is 5.52 Å². The molecule has 0 aliphatic heterocycles. The molecule has 1 aromatic heterocycles. The Balaban J connectivity index is 2.36. The maximum Gasteiger partial charge on any atom is 0.153 e. The zero-order chi connectivity index (χ0) is 15.7. The summed E-state index contributed by atoms with van der Waals surface area (Å²) in [4.78, 5) is 4.50. The van der Waals surface area contributed by atoms with Crippen molar-refractivity contribution in [2.75, 3.05) is 0 Å². The lowest BCUT2D eigenvalue weighted by Gasteiger charge is -2.18. The standard InChI is InChI=1S/C19H18ClNO/c1-12(2)22-19-16(14-8-5-4-7-13(14)3)11-17(20)15-9-6-10-21-18(15)19/h4-12H,1-3H3. The largest absolute Gasteiger partial charge is 0.488 e. The van der Waals surface area contributed by atoms with Gasteiger partial charge in [-0.2, -0.15) is 0 Å². The molecule has 3 heteroatoms. The van der Waals surface area contributed by atoms with Crippen molar-refractivity contribution in [1.82, 2.24) is 4.98 Å². The highest BCUT2D eigenvalue weighted by Gasteiger charge is 2.17. The van der Waals surface area contributed by atoms with Crippen molar-refractivity contribution >= 4 is 22.5 Å². The second-order valence-electron chi connectivity index (χ2n) is 5.62. The van der Waals surface area contributed by atoms with Gasteiger partial charge in [0.2, 0.25) is 0 Å². The van der Waals surface area contributed by atoms with E-state index in [0.717, 1.165) is 27.8 Å². The molecule has 0 unspecified atom stereocenters. The van der Waals surface area contributed by atoms with Gasteiger partial charge in [-0.1, -0.05) is 35.9 Å². The molecule has 2 aromatic carbocycles. The Bertz CT molecular complexity index is 827. The number of pyridine rings is 1. The van der Waals surface area contributed by atoms with Gasteiger partial charge < -0.3 is 4.74 Å². The number of hydrogen-bond acceptors (Lipinski definition) is 2. The summed E-state index contributed by atoms with van der Waals surface area (Å²) < 4.78 is 6.10. The lowest BCUT2D eigenvalue weighted by molar-refractivity contribution is 0.246. The number of aromatic nitrogens is 1. The van der Waals surface area contributed by atoms with Crippen LogP contribution in [0.3, 0.4) is 0 Å². The molecule has 0 amide bonds. The van der Waals surface area contributed by atoms with Gasteiger partial charge in [0.15, 0.2) is 5.75 Å². The van der Waals surface area contributed by atoms with Crippen LogP contribution in [0.25, 0.3) is 22.0 Å². The molecule has 22 heavy (non-hydrogen) atoms. The van der Waals surface area contributed by atoms with Crippen molar-refractivity contribution in [2.45, 2.75) is 26.9 Å². The molecule has 1 heterocycles. The molecule has 0 bridgehead atoms. The maximum atomic E-state index is 6.48. The van der Waals surface area contributed by atoms with Crippen molar-refractivity contribution in [3.05, 3.63) is 59.2 Å². The second kappa shape index (κ2) is 5.98. The minimum Gasteiger partial charge on any atom is -0.488 e. The van der Waals surface area contributed by atoms with Gasteiger partial charge >= 0.3 is 0 Å². The van der Waals surface area contributed by atoms with Gasteiger partial charge in [-0.05, 0) is 50.1 Å². The van der Waals surface area contributed by atoms with Crippen LogP contribution in [-0.4, -0.2) is 11.1 Å². The summed E-state index contributed by atoms with van der Waals surface area (Å²) >= 11 is 6.48. The molecule has 0 aliphatic carbocycles. The Labute approximate surface area is 135 Å². The summed E-state index contributed by atoms with van der Waals surface area (Å²) in [6.07, 6.45) is 1.84. The number of fused-ring (bicyclic) bond motifs is 1. The number of halogens is 1. The molecule has 112 valence electrons. The fourth-order valence-corrected chi connectivity index (χ4v) is 2.87. The molecule has 0 saturated carbocycles. The fraction of sp³-hybridized carbons (Fsp3) is 0.211. The van der Waals surface area contributed by atoms with Gasteiger partial charge in [0, 0.05) is 17.1 Å². The third-order valence-electron chi connectivity index (χ3n) is 3.58. The van der Waals surface area contributed by atoms with E-state index in [4.69, 9.17) is 16.3 Å². The zero-order valence-electron chi connectivity index (χ0n) is 12.9. The van der Waals surface area contributed by atoms with E-state index in [1.807, 2.05) is 44.2 Å². The monoisotopic (exact) mass is 311 g/mol. The number of nitrogens with zero attached hydrogens (tertiary/aromatic N) is 1. The summed E-state index contributed by atoms with van der Waals surface area (Å²) in [5.74, 6) is 0.796. The van der Waals surface area contributed by atoms with E-state index in [2.05, 4.69) is 24.0 Å². The van der Waals surface area contributed by atoms with Crippen molar-refractivity contribution in [1.29, 1.82) is 0 Å². The minimum absolute atomic E-state index is 0.0640. The van der Waals surface area contributed by atoms with Crippen LogP contribution in [0.2, 0.25) is 5.02 Å².